The third kappa shape index (κ3) is 2.64. The largest absolute Gasteiger partial charge is 0.454 e. The lowest BCUT2D eigenvalue weighted by Gasteiger charge is -2.17. The van der Waals surface area contributed by atoms with Crippen LogP contribution >= 0.6 is 0 Å². The number of rotatable bonds is 4. The van der Waals surface area contributed by atoms with E-state index in [1.165, 1.54) is 12.8 Å². The van der Waals surface area contributed by atoms with Crippen molar-refractivity contribution in [1.29, 1.82) is 0 Å². The van der Waals surface area contributed by atoms with E-state index < -0.39 is 0 Å². The fourth-order valence-electron chi connectivity index (χ4n) is 3.14. The van der Waals surface area contributed by atoms with Crippen LogP contribution in [0, 0.1) is 5.92 Å². The summed E-state index contributed by atoms with van der Waals surface area (Å²) in [4.78, 5) is 12.4. The molecule has 1 aromatic carbocycles. The number of hydrazine groups is 1. The molecule has 0 spiro atoms. The van der Waals surface area contributed by atoms with Crippen molar-refractivity contribution >= 4 is 5.91 Å². The number of ether oxygens (including phenoxy) is 2. The number of hydrogen-bond donors (Lipinski definition) is 3. The van der Waals surface area contributed by atoms with E-state index in [4.69, 9.17) is 9.47 Å². The Labute approximate surface area is 129 Å². The Balaban J connectivity index is 1.37. The third-order valence-electron chi connectivity index (χ3n) is 4.70. The minimum Gasteiger partial charge on any atom is -0.454 e. The van der Waals surface area contributed by atoms with E-state index in [-0.39, 0.29) is 24.8 Å². The lowest BCUT2D eigenvalue weighted by molar-refractivity contribution is -0.123. The molecule has 3 atom stereocenters. The quantitative estimate of drug-likeness (QED) is 0.780. The molecule has 1 saturated carbocycles. The molecule has 1 aliphatic carbocycles. The van der Waals surface area contributed by atoms with Crippen LogP contribution in [-0.4, -0.2) is 24.8 Å². The van der Waals surface area contributed by atoms with Crippen LogP contribution in [0.2, 0.25) is 0 Å². The molecule has 0 bridgehead atoms. The highest BCUT2D eigenvalue weighted by Crippen LogP contribution is 2.36. The van der Waals surface area contributed by atoms with Crippen LogP contribution in [0.5, 0.6) is 11.5 Å². The molecule has 0 radical (unpaired) electrons. The number of amides is 1. The van der Waals surface area contributed by atoms with Crippen LogP contribution in [0.25, 0.3) is 0 Å². The average molecular weight is 303 g/mol. The Hall–Kier alpha value is -1.79. The summed E-state index contributed by atoms with van der Waals surface area (Å²) in [6.45, 7) is 2.25. The van der Waals surface area contributed by atoms with Gasteiger partial charge in [-0.3, -0.25) is 10.2 Å². The maximum Gasteiger partial charge on any atom is 0.239 e. The Kier molecular flexibility index (Phi) is 3.43. The first-order chi connectivity index (χ1) is 10.7. The molecule has 2 heterocycles. The second kappa shape index (κ2) is 5.44. The standard InChI is InChI=1S/C16H21N3O3/c1-9(11-4-5-14-15(6-11)22-8-21-14)17-16(20)13-7-12(18-19-13)10-2-3-10/h4-6,9-10,12-13,18-19H,2-3,7-8H2,1H3,(H,17,20). The zero-order valence-electron chi connectivity index (χ0n) is 12.6. The predicted octanol–water partition coefficient (Wildman–Crippen LogP) is 1.24. The van der Waals surface area contributed by atoms with E-state index >= 15 is 0 Å². The topological polar surface area (TPSA) is 71.6 Å². The van der Waals surface area contributed by atoms with Gasteiger partial charge in [0.15, 0.2) is 11.5 Å². The van der Waals surface area contributed by atoms with Gasteiger partial charge in [0.1, 0.15) is 6.04 Å². The van der Waals surface area contributed by atoms with E-state index in [9.17, 15) is 4.79 Å². The Morgan fingerprint density at radius 2 is 2.09 bits per heavy atom. The number of hydrogen-bond acceptors (Lipinski definition) is 5. The summed E-state index contributed by atoms with van der Waals surface area (Å²) in [5.41, 5.74) is 7.38. The van der Waals surface area contributed by atoms with Gasteiger partial charge >= 0.3 is 0 Å². The predicted molar refractivity (Wildman–Crippen MR) is 80.3 cm³/mol. The zero-order valence-corrected chi connectivity index (χ0v) is 12.6. The molecular formula is C16H21N3O3. The zero-order chi connectivity index (χ0) is 15.1. The fourth-order valence-corrected chi connectivity index (χ4v) is 3.14. The van der Waals surface area contributed by atoms with Crippen molar-refractivity contribution in [2.45, 2.75) is 44.3 Å². The number of carbonyl (C=O) groups excluding carboxylic acids is 1. The molecule has 1 aromatic rings. The van der Waals surface area contributed by atoms with Gasteiger partial charge in [-0.15, -0.1) is 0 Å². The van der Waals surface area contributed by atoms with Crippen LogP contribution in [0.3, 0.4) is 0 Å². The molecule has 1 amide bonds. The molecule has 3 N–H and O–H groups in total. The summed E-state index contributed by atoms with van der Waals surface area (Å²) < 4.78 is 10.7. The first-order valence-corrected chi connectivity index (χ1v) is 7.91. The summed E-state index contributed by atoms with van der Waals surface area (Å²) in [7, 11) is 0. The van der Waals surface area contributed by atoms with Crippen LogP contribution in [0.4, 0.5) is 0 Å². The summed E-state index contributed by atoms with van der Waals surface area (Å²) in [5.74, 6) is 2.29. The highest BCUT2D eigenvalue weighted by Gasteiger charge is 2.39. The van der Waals surface area contributed by atoms with Gasteiger partial charge in [-0.05, 0) is 49.8 Å². The lowest BCUT2D eigenvalue weighted by Crippen LogP contribution is -2.44. The smallest absolute Gasteiger partial charge is 0.239 e. The first-order valence-electron chi connectivity index (χ1n) is 7.91. The van der Waals surface area contributed by atoms with Crippen molar-refractivity contribution in [3.63, 3.8) is 0 Å². The van der Waals surface area contributed by atoms with Gasteiger partial charge in [0.2, 0.25) is 12.7 Å². The monoisotopic (exact) mass is 303 g/mol. The number of nitrogens with one attached hydrogen (secondary N) is 3. The van der Waals surface area contributed by atoms with Crippen LogP contribution in [0.15, 0.2) is 18.2 Å². The summed E-state index contributed by atoms with van der Waals surface area (Å²) >= 11 is 0. The molecule has 1 saturated heterocycles. The van der Waals surface area contributed by atoms with Gasteiger partial charge in [0, 0.05) is 6.04 Å². The molecule has 22 heavy (non-hydrogen) atoms. The van der Waals surface area contributed by atoms with Crippen molar-refractivity contribution in [2.24, 2.45) is 5.92 Å². The maximum atomic E-state index is 12.4. The van der Waals surface area contributed by atoms with Gasteiger partial charge < -0.3 is 14.8 Å². The second-order valence-electron chi connectivity index (χ2n) is 6.36. The Morgan fingerprint density at radius 3 is 2.91 bits per heavy atom. The Bertz CT molecular complexity index is 588. The molecular weight excluding hydrogens is 282 g/mol. The van der Waals surface area contributed by atoms with Crippen molar-refractivity contribution in [3.05, 3.63) is 23.8 Å². The van der Waals surface area contributed by atoms with Crippen molar-refractivity contribution in [3.8, 4) is 11.5 Å². The molecule has 0 aromatic heterocycles. The minimum absolute atomic E-state index is 0.0424. The summed E-state index contributed by atoms with van der Waals surface area (Å²) in [6, 6.07) is 6.01. The van der Waals surface area contributed by atoms with Crippen molar-refractivity contribution in [1.82, 2.24) is 16.2 Å². The van der Waals surface area contributed by atoms with Crippen LogP contribution < -0.4 is 25.6 Å². The van der Waals surface area contributed by atoms with E-state index in [0.717, 1.165) is 29.4 Å². The van der Waals surface area contributed by atoms with E-state index in [1.54, 1.807) is 0 Å². The van der Waals surface area contributed by atoms with Crippen molar-refractivity contribution < 1.29 is 14.3 Å². The molecule has 4 rings (SSSR count). The van der Waals surface area contributed by atoms with Crippen molar-refractivity contribution in [2.75, 3.05) is 6.79 Å². The van der Waals surface area contributed by atoms with Crippen LogP contribution in [-0.2, 0) is 4.79 Å². The molecule has 3 aliphatic rings. The fraction of sp³-hybridized carbons (Fsp3) is 0.562. The van der Waals surface area contributed by atoms with Gasteiger partial charge in [0.25, 0.3) is 0 Å². The normalized spacial score (nSPS) is 27.7. The average Bonchev–Trinajstić information content (AvgIpc) is 3.07. The summed E-state index contributed by atoms with van der Waals surface area (Å²) in [6.07, 6.45) is 3.42. The lowest BCUT2D eigenvalue weighted by atomic mass is 10.0. The molecule has 3 unspecified atom stereocenters. The van der Waals surface area contributed by atoms with Gasteiger partial charge in [-0.2, -0.15) is 0 Å². The third-order valence-corrected chi connectivity index (χ3v) is 4.70. The van der Waals surface area contributed by atoms with Gasteiger partial charge in [-0.1, -0.05) is 6.07 Å². The maximum absolute atomic E-state index is 12.4. The SMILES string of the molecule is CC(NC(=O)C1CC(C2CC2)NN1)c1ccc2c(c1)OCO2. The number of carbonyl (C=O) groups is 1. The highest BCUT2D eigenvalue weighted by molar-refractivity contribution is 5.82. The molecule has 6 heteroatoms. The second-order valence-corrected chi connectivity index (χ2v) is 6.36. The highest BCUT2D eigenvalue weighted by atomic mass is 16.7. The van der Waals surface area contributed by atoms with Gasteiger partial charge in [0.05, 0.1) is 6.04 Å². The molecule has 2 aliphatic heterocycles. The van der Waals surface area contributed by atoms with Crippen LogP contribution in [0.1, 0.15) is 37.8 Å². The van der Waals surface area contributed by atoms with E-state index in [2.05, 4.69) is 16.2 Å². The number of fused-ring (bicyclic) bond motifs is 1. The van der Waals surface area contributed by atoms with Gasteiger partial charge in [-0.25, -0.2) is 5.43 Å². The molecule has 2 fully saturated rings. The minimum atomic E-state index is -0.151. The number of benzene rings is 1. The first kappa shape index (κ1) is 13.8. The van der Waals surface area contributed by atoms with E-state index in [1.807, 2.05) is 25.1 Å². The Morgan fingerprint density at radius 1 is 1.27 bits per heavy atom. The van der Waals surface area contributed by atoms with E-state index in [0.29, 0.717) is 6.04 Å². The summed E-state index contributed by atoms with van der Waals surface area (Å²) in [5, 5.41) is 3.07. The molecule has 6 nitrogen and oxygen atoms in total. The molecule has 118 valence electrons.